The number of aryl methyl sites for hydroxylation is 4. The van der Waals surface area contributed by atoms with Gasteiger partial charge < -0.3 is 8.98 Å². The first-order valence-corrected chi connectivity index (χ1v) is 49.9. The molecule has 0 radical (unpaired) electrons. The molecular weight excluding hydrogens is 1670 g/mol. The van der Waals surface area contributed by atoms with Crippen LogP contribution in [-0.2, 0) is 7.05 Å². The molecule has 0 amide bonds. The first-order chi connectivity index (χ1) is 67.8. The number of hydrogen-bond acceptors (Lipinski definition) is 2. The summed E-state index contributed by atoms with van der Waals surface area (Å²) in [7, 11) is 2.12. The highest BCUT2D eigenvalue weighted by Gasteiger charge is 2.08. The Bertz CT molecular complexity index is 6430. The summed E-state index contributed by atoms with van der Waals surface area (Å²) in [6.45, 7) is 38.3. The maximum atomic E-state index is 5.65. The van der Waals surface area contributed by atoms with Gasteiger partial charge in [-0.3, -0.25) is 0 Å². The number of hydrogen-bond donors (Lipinski definition) is 0. The Kier molecular flexibility index (Phi) is 57.3. The van der Waals surface area contributed by atoms with E-state index in [2.05, 4.69) is 378 Å². The van der Waals surface area contributed by atoms with Crippen LogP contribution in [0.5, 0.6) is 0 Å². The standard InChI is InChI=1S/C15H12.C14H10.C13H11N.C12H8O.C12H8S.2C10H8.2C7H8.3C6H6.8C2H6/c1-11-10-12-6-2-3-8-14(12)15-9-5-4-7-13(11)15;1-3-7-13-11(5-1)9-10-12-6-2-4-8-14(12)13;1-14-12-8-4-2-6-10(12)11-7-3-5-9-13(11)14;2*1-3-7-11-9(5-1)10-6-2-4-8-12(10)13-11;2*1-2-6-10-8-4-3-7-9(10)5-1;2*1-7-5-3-2-4-6-7;3*1-2-4-6-5-3-1;8*1-2/h2-10H,1H3;1-10H;2-9H,1H3;2*1-8H;2*1-8H;2*2-6H,1H3;3*1-6H;8*1-2H3. The van der Waals surface area contributed by atoms with Crippen molar-refractivity contribution in [2.24, 2.45) is 7.05 Å². The van der Waals surface area contributed by atoms with E-state index in [1.54, 1.807) is 0 Å². The van der Waals surface area contributed by atoms with Crippen molar-refractivity contribution in [2.45, 2.75) is 132 Å². The molecule has 0 aliphatic rings. The third-order valence-electron chi connectivity index (χ3n) is 20.2. The number of para-hydroxylation sites is 4. The number of nitrogens with zero attached hydrogens (tertiary/aromatic N) is 1. The van der Waals surface area contributed by atoms with Gasteiger partial charge in [-0.15, -0.1) is 11.3 Å². The molecule has 24 aromatic rings. The molecule has 2 nitrogen and oxygen atoms in total. The van der Waals surface area contributed by atoms with Crippen molar-refractivity contribution in [1.82, 2.24) is 4.57 Å². The molecule has 0 N–H and O–H groups in total. The molecule has 0 spiro atoms. The normalized spacial score (nSPS) is 9.31. The number of furan rings is 1. The fraction of sp³-hybridized carbons (Fsp3) is 0.149. The van der Waals surface area contributed by atoms with Crippen LogP contribution in [-0.4, -0.2) is 4.57 Å². The maximum absolute atomic E-state index is 5.65. The van der Waals surface area contributed by atoms with Gasteiger partial charge >= 0.3 is 0 Å². The lowest BCUT2D eigenvalue weighted by atomic mass is 9.98. The predicted octanol–water partition coefficient (Wildman–Crippen LogP) is 42.2. The molecule has 24 rings (SSSR count). The second-order valence-electron chi connectivity index (χ2n) is 28.7. The summed E-state index contributed by atoms with van der Waals surface area (Å²) in [5.41, 5.74) is 8.52. The summed E-state index contributed by atoms with van der Waals surface area (Å²) >= 11 is 1.86. The summed E-state index contributed by atoms with van der Waals surface area (Å²) in [5, 5.41) is 23.7. The first kappa shape index (κ1) is 113. The summed E-state index contributed by atoms with van der Waals surface area (Å²) in [5.74, 6) is 0. The van der Waals surface area contributed by atoms with Crippen molar-refractivity contribution in [3.05, 3.63) is 544 Å². The van der Waals surface area contributed by atoms with Crippen LogP contribution in [0.2, 0.25) is 0 Å². The average Bonchev–Trinajstić information content (AvgIpc) is 1.52. The number of fused-ring (bicyclic) bond motifs is 17. The number of aromatic nitrogens is 1. The van der Waals surface area contributed by atoms with Crippen LogP contribution >= 0.6 is 11.3 Å². The zero-order valence-electron chi connectivity index (χ0n) is 85.0. The Balaban J connectivity index is 0.000000263. The minimum absolute atomic E-state index is 0.962. The van der Waals surface area contributed by atoms with Crippen molar-refractivity contribution < 1.29 is 4.42 Å². The largest absolute Gasteiger partial charge is 0.456 e. The van der Waals surface area contributed by atoms with Crippen molar-refractivity contribution in [3.8, 4) is 0 Å². The minimum atomic E-state index is 0.962. The van der Waals surface area contributed by atoms with E-state index in [9.17, 15) is 0 Å². The third-order valence-corrected chi connectivity index (χ3v) is 21.4. The summed E-state index contributed by atoms with van der Waals surface area (Å²) in [4.78, 5) is 0. The van der Waals surface area contributed by atoms with E-state index >= 15 is 0 Å². The Morgan fingerprint density at radius 2 is 0.358 bits per heavy atom. The second kappa shape index (κ2) is 69.8. The van der Waals surface area contributed by atoms with Gasteiger partial charge in [-0.05, 0) is 127 Å². The molecule has 3 heterocycles. The Morgan fingerprint density at radius 1 is 0.161 bits per heavy atom. The van der Waals surface area contributed by atoms with Crippen LogP contribution in [0.1, 0.15) is 127 Å². The Hall–Kier alpha value is -15.0. The van der Waals surface area contributed by atoms with E-state index in [1.165, 1.54) is 134 Å². The van der Waals surface area contributed by atoms with Crippen LogP contribution < -0.4 is 0 Å². The van der Waals surface area contributed by atoms with Crippen molar-refractivity contribution in [2.75, 3.05) is 0 Å². The average molecular weight is 1820 g/mol. The van der Waals surface area contributed by atoms with Crippen LogP contribution in [0, 0.1) is 20.8 Å². The second-order valence-corrected chi connectivity index (χ2v) is 29.8. The van der Waals surface area contributed by atoms with E-state index in [1.807, 2.05) is 304 Å². The van der Waals surface area contributed by atoms with Crippen molar-refractivity contribution >= 4 is 140 Å². The molecular formula is C134H147NOS. The van der Waals surface area contributed by atoms with Gasteiger partial charge in [-0.1, -0.05) is 613 Å². The molecule has 0 atom stereocenters. The van der Waals surface area contributed by atoms with Crippen LogP contribution in [0.4, 0.5) is 0 Å². The quantitative estimate of drug-likeness (QED) is 0.138. The van der Waals surface area contributed by atoms with Gasteiger partial charge in [0.1, 0.15) is 11.2 Å². The van der Waals surface area contributed by atoms with E-state index < -0.39 is 0 Å². The maximum Gasteiger partial charge on any atom is 0.135 e. The monoisotopic (exact) mass is 1820 g/mol. The number of benzene rings is 21. The fourth-order valence-electron chi connectivity index (χ4n) is 14.2. The molecule has 0 bridgehead atoms. The zero-order valence-corrected chi connectivity index (χ0v) is 85.8. The van der Waals surface area contributed by atoms with Gasteiger partial charge in [0.05, 0.1) is 0 Å². The van der Waals surface area contributed by atoms with Crippen LogP contribution in [0.3, 0.4) is 0 Å². The molecule has 3 aromatic heterocycles. The van der Waals surface area contributed by atoms with Gasteiger partial charge in [0.15, 0.2) is 0 Å². The Labute approximate surface area is 826 Å². The highest BCUT2D eigenvalue weighted by Crippen LogP contribution is 2.34. The molecule has 700 valence electrons. The van der Waals surface area contributed by atoms with E-state index in [0.29, 0.717) is 0 Å². The van der Waals surface area contributed by atoms with Crippen molar-refractivity contribution in [3.63, 3.8) is 0 Å². The van der Waals surface area contributed by atoms with Crippen LogP contribution in [0.15, 0.2) is 532 Å². The number of rotatable bonds is 0. The topological polar surface area (TPSA) is 18.1 Å². The Morgan fingerprint density at radius 3 is 0.642 bits per heavy atom. The third kappa shape index (κ3) is 37.4. The molecule has 0 aliphatic carbocycles. The van der Waals surface area contributed by atoms with Crippen LogP contribution in [0.25, 0.3) is 129 Å². The SMILES string of the molecule is CC.CC.CC.CC.CC.CC.CC.CC.Cc1cc2ccccc2c2ccccc12.Cc1ccccc1.Cc1ccccc1.Cn1c2ccccc2c2ccccc21.c1ccc2c(c1)ccc1ccccc12.c1ccc2c(c1)oc1ccccc12.c1ccc2c(c1)sc1ccccc12.c1ccc2ccccc2c1.c1ccc2ccccc2c1.c1ccccc1.c1ccccc1.c1ccccc1. The van der Waals surface area contributed by atoms with E-state index in [-0.39, 0.29) is 0 Å². The van der Waals surface area contributed by atoms with E-state index in [0.717, 1.165) is 11.2 Å². The van der Waals surface area contributed by atoms with Crippen molar-refractivity contribution in [1.29, 1.82) is 0 Å². The minimum Gasteiger partial charge on any atom is -0.456 e. The molecule has 21 aromatic carbocycles. The van der Waals surface area contributed by atoms with Gasteiger partial charge in [-0.2, -0.15) is 0 Å². The summed E-state index contributed by atoms with van der Waals surface area (Å²) in [6, 6.07) is 181. The van der Waals surface area contributed by atoms with E-state index in [4.69, 9.17) is 4.42 Å². The lowest BCUT2D eigenvalue weighted by Gasteiger charge is -2.06. The first-order valence-electron chi connectivity index (χ1n) is 49.1. The molecule has 0 saturated heterocycles. The fourth-order valence-corrected chi connectivity index (χ4v) is 15.3. The van der Waals surface area contributed by atoms with Gasteiger partial charge in [0, 0.05) is 59.8 Å². The zero-order chi connectivity index (χ0) is 99.1. The molecule has 0 aliphatic heterocycles. The summed E-state index contributed by atoms with van der Waals surface area (Å²) in [6.07, 6.45) is 0. The smallest absolute Gasteiger partial charge is 0.135 e. The molecule has 137 heavy (non-hydrogen) atoms. The van der Waals surface area contributed by atoms with Gasteiger partial charge in [0.25, 0.3) is 0 Å². The van der Waals surface area contributed by atoms with Gasteiger partial charge in [0.2, 0.25) is 0 Å². The highest BCUT2D eigenvalue weighted by molar-refractivity contribution is 7.25. The molecule has 0 unspecified atom stereocenters. The summed E-state index contributed by atoms with van der Waals surface area (Å²) < 4.78 is 10.6. The lowest BCUT2D eigenvalue weighted by Crippen LogP contribution is -1.84. The lowest BCUT2D eigenvalue weighted by molar-refractivity contribution is 0.669. The highest BCUT2D eigenvalue weighted by atomic mass is 32.1. The molecule has 0 saturated carbocycles. The predicted molar refractivity (Wildman–Crippen MR) is 621 cm³/mol. The molecule has 3 heteroatoms. The molecule has 0 fully saturated rings. The number of thiophene rings is 1. The van der Waals surface area contributed by atoms with Gasteiger partial charge in [-0.25, -0.2) is 0 Å².